The van der Waals surface area contributed by atoms with Gasteiger partial charge in [0.05, 0.1) is 4.90 Å². The molecule has 9 heteroatoms. The molecule has 1 aliphatic carbocycles. The maximum Gasteiger partial charge on any atom is 0.263 e. The van der Waals surface area contributed by atoms with Gasteiger partial charge in [-0.15, -0.1) is 0 Å². The van der Waals surface area contributed by atoms with Crippen LogP contribution in [0.1, 0.15) is 50.7 Å². The second kappa shape index (κ2) is 9.28. The van der Waals surface area contributed by atoms with Crippen molar-refractivity contribution in [3.63, 3.8) is 0 Å². The summed E-state index contributed by atoms with van der Waals surface area (Å²) in [5, 5.41) is 2.92. The van der Waals surface area contributed by atoms with Crippen molar-refractivity contribution in [1.29, 1.82) is 0 Å². The van der Waals surface area contributed by atoms with Gasteiger partial charge < -0.3 is 10.1 Å². The van der Waals surface area contributed by atoms with Gasteiger partial charge in [-0.25, -0.2) is 13.4 Å². The van der Waals surface area contributed by atoms with Gasteiger partial charge in [0.1, 0.15) is 18.0 Å². The highest BCUT2D eigenvalue weighted by Crippen LogP contribution is 2.26. The monoisotopic (exact) mass is 456 g/mol. The summed E-state index contributed by atoms with van der Waals surface area (Å²) in [5.74, 6) is 0.320. The molecule has 1 amide bonds. The molecule has 1 aliphatic heterocycles. The largest absolute Gasteiger partial charge is 0.474 e. The van der Waals surface area contributed by atoms with Crippen molar-refractivity contribution < 1.29 is 17.9 Å². The fourth-order valence-electron chi connectivity index (χ4n) is 4.00. The summed E-state index contributed by atoms with van der Waals surface area (Å²) in [6, 6.07) is 9.56. The number of nitrogens with one attached hydrogen (secondary N) is 2. The van der Waals surface area contributed by atoms with Crippen molar-refractivity contribution in [1.82, 2.24) is 15.0 Å². The van der Waals surface area contributed by atoms with E-state index < -0.39 is 16.1 Å². The second-order valence-corrected chi connectivity index (χ2v) is 10.1. The first-order chi connectivity index (χ1) is 15.3. The van der Waals surface area contributed by atoms with Crippen molar-refractivity contribution in [2.75, 3.05) is 0 Å². The Hall–Kier alpha value is -2.94. The van der Waals surface area contributed by atoms with Crippen LogP contribution in [0.3, 0.4) is 0 Å². The van der Waals surface area contributed by atoms with Crippen molar-refractivity contribution in [2.45, 2.75) is 63.1 Å². The third kappa shape index (κ3) is 4.77. The molecule has 1 fully saturated rings. The number of hydrogen-bond donors (Lipinski definition) is 2. The third-order valence-electron chi connectivity index (χ3n) is 5.71. The number of aliphatic imine (C=N–C) groups is 1. The molecule has 2 N–H and O–H groups in total. The van der Waals surface area contributed by atoms with Crippen LogP contribution in [0.4, 0.5) is 0 Å². The minimum absolute atomic E-state index is 0.136. The number of hydrogen-bond acceptors (Lipinski definition) is 6. The Labute approximate surface area is 188 Å². The topological polar surface area (TPSA) is 110 Å². The molecule has 0 unspecified atom stereocenters. The van der Waals surface area contributed by atoms with Crippen LogP contribution in [0.5, 0.6) is 5.88 Å². The predicted octanol–water partition coefficient (Wildman–Crippen LogP) is 2.78. The van der Waals surface area contributed by atoms with E-state index in [0.717, 1.165) is 31.2 Å². The number of amidine groups is 1. The Morgan fingerprint density at radius 2 is 1.97 bits per heavy atom. The van der Waals surface area contributed by atoms with Crippen molar-refractivity contribution in [2.24, 2.45) is 10.9 Å². The lowest BCUT2D eigenvalue weighted by Crippen LogP contribution is -2.38. The van der Waals surface area contributed by atoms with Gasteiger partial charge in [-0.1, -0.05) is 32.0 Å². The van der Waals surface area contributed by atoms with Gasteiger partial charge in [-0.05, 0) is 49.8 Å². The van der Waals surface area contributed by atoms with Gasteiger partial charge in [0.2, 0.25) is 11.8 Å². The molecule has 8 nitrogen and oxygen atoms in total. The molecule has 1 aromatic carbocycles. The highest BCUT2D eigenvalue weighted by Gasteiger charge is 2.32. The quantitative estimate of drug-likeness (QED) is 0.666. The molecule has 1 aromatic heterocycles. The normalized spacial score (nSPS) is 19.5. The number of amides is 1. The smallest absolute Gasteiger partial charge is 0.263 e. The van der Waals surface area contributed by atoms with E-state index >= 15 is 0 Å². The number of carbonyl (C=O) groups is 1. The average Bonchev–Trinajstić information content (AvgIpc) is 3.37. The molecule has 1 saturated carbocycles. The number of aromatic nitrogens is 1. The van der Waals surface area contributed by atoms with Crippen LogP contribution >= 0.6 is 0 Å². The zero-order valence-corrected chi connectivity index (χ0v) is 19.1. The number of benzene rings is 1. The van der Waals surface area contributed by atoms with Gasteiger partial charge in [-0.3, -0.25) is 14.5 Å². The Bertz CT molecular complexity index is 1120. The van der Waals surface area contributed by atoms with Crippen LogP contribution in [0.15, 0.2) is 52.5 Å². The number of fused-ring (bicyclic) bond motifs is 1. The molecule has 32 heavy (non-hydrogen) atoms. The molecule has 1 atom stereocenters. The molecule has 170 valence electrons. The van der Waals surface area contributed by atoms with Crippen LogP contribution in [-0.4, -0.2) is 37.3 Å². The lowest BCUT2D eigenvalue weighted by Gasteiger charge is -2.19. The van der Waals surface area contributed by atoms with Gasteiger partial charge >= 0.3 is 0 Å². The summed E-state index contributed by atoms with van der Waals surface area (Å²) >= 11 is 0. The molecule has 0 spiro atoms. The Balaban J connectivity index is 1.49. The van der Waals surface area contributed by atoms with Crippen LogP contribution in [0.25, 0.3) is 0 Å². The summed E-state index contributed by atoms with van der Waals surface area (Å²) < 4.78 is 33.2. The highest BCUT2D eigenvalue weighted by atomic mass is 32.2. The molecule has 2 aliphatic rings. The van der Waals surface area contributed by atoms with Crippen LogP contribution in [0.2, 0.25) is 0 Å². The third-order valence-corrected chi connectivity index (χ3v) is 7.11. The molecule has 4 rings (SSSR count). The maximum atomic E-state index is 13.0. The first-order valence-corrected chi connectivity index (χ1v) is 12.4. The average molecular weight is 457 g/mol. The predicted molar refractivity (Wildman–Crippen MR) is 121 cm³/mol. The summed E-state index contributed by atoms with van der Waals surface area (Å²) in [5.41, 5.74) is 1.28. The number of rotatable bonds is 7. The van der Waals surface area contributed by atoms with E-state index in [-0.39, 0.29) is 35.2 Å². The summed E-state index contributed by atoms with van der Waals surface area (Å²) in [6.07, 6.45) is 6.21. The maximum absolute atomic E-state index is 13.0. The lowest BCUT2D eigenvalue weighted by atomic mass is 10.0. The number of ether oxygens (including phenoxy) is 1. The van der Waals surface area contributed by atoms with Gasteiger partial charge in [0.25, 0.3) is 10.0 Å². The van der Waals surface area contributed by atoms with E-state index in [1.165, 1.54) is 6.07 Å². The molecular formula is C23H28N4O4S. The Morgan fingerprint density at radius 3 is 2.72 bits per heavy atom. The van der Waals surface area contributed by atoms with Crippen LogP contribution in [0, 0.1) is 5.92 Å². The van der Waals surface area contributed by atoms with Gasteiger partial charge in [0.15, 0.2) is 0 Å². The highest BCUT2D eigenvalue weighted by molar-refractivity contribution is 7.90. The minimum Gasteiger partial charge on any atom is -0.474 e. The van der Waals surface area contributed by atoms with Gasteiger partial charge in [-0.2, -0.15) is 0 Å². The zero-order valence-electron chi connectivity index (χ0n) is 18.2. The van der Waals surface area contributed by atoms with E-state index in [1.54, 1.807) is 24.4 Å². The standard InChI is InChI=1S/C23H28N4O4S/c1-15(2)20(26-21-18-11-5-6-12-19(18)32(29,30)27-21)22(28)25-14-16-8-7-13-24-23(16)31-17-9-3-4-10-17/h5-8,11-13,15,17,20H,3-4,9-10,14H2,1-2H3,(H,25,28)(H,26,27)/t20-/m0/s1. The Kier molecular flexibility index (Phi) is 6.45. The Morgan fingerprint density at radius 1 is 1.22 bits per heavy atom. The number of pyridine rings is 1. The number of sulfonamides is 1. The summed E-state index contributed by atoms with van der Waals surface area (Å²) in [7, 11) is -3.66. The summed E-state index contributed by atoms with van der Waals surface area (Å²) in [4.78, 5) is 22.0. The summed E-state index contributed by atoms with van der Waals surface area (Å²) in [6.45, 7) is 4.01. The second-order valence-electron chi connectivity index (χ2n) is 8.48. The SMILES string of the molecule is CC(C)[C@H](N=C1NS(=O)(=O)c2ccccc21)C(=O)NCc1cccnc1OC1CCCC1. The zero-order chi connectivity index (χ0) is 22.7. The van der Waals surface area contributed by atoms with E-state index in [9.17, 15) is 13.2 Å². The first kappa shape index (κ1) is 22.3. The fraction of sp³-hybridized carbons (Fsp3) is 0.435. The number of carbonyl (C=O) groups excluding carboxylic acids is 1. The molecule has 0 radical (unpaired) electrons. The molecule has 2 aromatic rings. The molecule has 0 bridgehead atoms. The lowest BCUT2D eigenvalue weighted by molar-refractivity contribution is -0.123. The minimum atomic E-state index is -3.66. The van der Waals surface area contributed by atoms with Crippen molar-refractivity contribution in [3.8, 4) is 5.88 Å². The molecule has 2 heterocycles. The van der Waals surface area contributed by atoms with Crippen molar-refractivity contribution >= 4 is 21.8 Å². The van der Waals surface area contributed by atoms with E-state index in [2.05, 4.69) is 20.0 Å². The van der Waals surface area contributed by atoms with E-state index in [0.29, 0.717) is 11.4 Å². The van der Waals surface area contributed by atoms with Crippen molar-refractivity contribution in [3.05, 3.63) is 53.7 Å². The van der Waals surface area contributed by atoms with E-state index in [4.69, 9.17) is 4.74 Å². The van der Waals surface area contributed by atoms with E-state index in [1.807, 2.05) is 26.0 Å². The van der Waals surface area contributed by atoms with Crippen LogP contribution < -0.4 is 14.8 Å². The fourth-order valence-corrected chi connectivity index (χ4v) is 5.23. The van der Waals surface area contributed by atoms with Crippen LogP contribution in [-0.2, 0) is 21.4 Å². The van der Waals surface area contributed by atoms with Gasteiger partial charge in [0, 0.05) is 23.9 Å². The molecular weight excluding hydrogens is 428 g/mol. The molecule has 0 saturated heterocycles. The first-order valence-electron chi connectivity index (χ1n) is 10.9. The number of nitrogens with zero attached hydrogens (tertiary/aromatic N) is 2.